The number of rotatable bonds is 4. The number of hydrogen-bond donors (Lipinski definition) is 1. The van der Waals surface area contributed by atoms with Crippen LogP contribution in [0.3, 0.4) is 0 Å². The topological polar surface area (TPSA) is 20.2 Å². The van der Waals surface area contributed by atoms with Crippen molar-refractivity contribution in [2.45, 2.75) is 60.5 Å². The highest BCUT2D eigenvalue weighted by molar-refractivity contribution is 5.21. The molecule has 3 atom stereocenters. The van der Waals surface area contributed by atoms with Crippen LogP contribution in [0.15, 0.2) is 23.3 Å². The van der Waals surface area contributed by atoms with E-state index in [0.717, 1.165) is 12.0 Å². The Kier molecular flexibility index (Phi) is 4.60. The summed E-state index contributed by atoms with van der Waals surface area (Å²) >= 11 is 0. The first kappa shape index (κ1) is 14.5. The van der Waals surface area contributed by atoms with Gasteiger partial charge in [-0.1, -0.05) is 45.4 Å². The molecule has 0 heterocycles. The molecule has 0 aliphatic heterocycles. The summed E-state index contributed by atoms with van der Waals surface area (Å²) in [6, 6.07) is 0. The molecule has 3 unspecified atom stereocenters. The highest BCUT2D eigenvalue weighted by Gasteiger charge is 2.37. The molecule has 1 nitrogen and oxygen atoms in total. The zero-order valence-corrected chi connectivity index (χ0v) is 12.2. The third-order valence-corrected chi connectivity index (χ3v) is 4.69. The molecule has 1 aliphatic rings. The Morgan fingerprint density at radius 2 is 2.18 bits per heavy atom. The van der Waals surface area contributed by atoms with Crippen molar-refractivity contribution in [1.82, 2.24) is 0 Å². The molecule has 1 aliphatic carbocycles. The van der Waals surface area contributed by atoms with Crippen molar-refractivity contribution in [3.8, 4) is 0 Å². The third kappa shape index (κ3) is 3.01. The number of allylic oxidation sites excluding steroid dienone is 3. The monoisotopic (exact) mass is 236 g/mol. The molecule has 0 fully saturated rings. The van der Waals surface area contributed by atoms with Gasteiger partial charge in [0, 0.05) is 0 Å². The van der Waals surface area contributed by atoms with E-state index in [0.29, 0.717) is 17.3 Å². The predicted molar refractivity (Wildman–Crippen MR) is 74.9 cm³/mol. The minimum Gasteiger partial charge on any atom is -0.389 e. The molecule has 0 aromatic heterocycles. The summed E-state index contributed by atoms with van der Waals surface area (Å²) in [4.78, 5) is 0. The van der Waals surface area contributed by atoms with Crippen LogP contribution in [-0.2, 0) is 0 Å². The minimum absolute atomic E-state index is 0.268. The molecular weight excluding hydrogens is 208 g/mol. The van der Waals surface area contributed by atoms with E-state index in [9.17, 15) is 5.11 Å². The lowest BCUT2D eigenvalue weighted by molar-refractivity contribution is 0.201. The summed E-state index contributed by atoms with van der Waals surface area (Å²) in [6.45, 7) is 13.3. The van der Waals surface area contributed by atoms with Crippen molar-refractivity contribution < 1.29 is 5.11 Å². The Labute approximate surface area is 107 Å². The third-order valence-electron chi connectivity index (χ3n) is 4.69. The average molecular weight is 236 g/mol. The molecular formula is C16H28O. The highest BCUT2D eigenvalue weighted by Crippen LogP contribution is 2.47. The van der Waals surface area contributed by atoms with E-state index in [1.165, 1.54) is 12.0 Å². The second-order valence-electron chi connectivity index (χ2n) is 6.14. The normalized spacial score (nSPS) is 27.8. The van der Waals surface area contributed by atoms with Gasteiger partial charge in [0.05, 0.1) is 6.10 Å². The van der Waals surface area contributed by atoms with Crippen LogP contribution in [0, 0.1) is 17.3 Å². The smallest absolute Gasteiger partial charge is 0.0744 e. The van der Waals surface area contributed by atoms with Crippen molar-refractivity contribution in [1.29, 1.82) is 0 Å². The van der Waals surface area contributed by atoms with Crippen LogP contribution in [0.4, 0.5) is 0 Å². The van der Waals surface area contributed by atoms with E-state index >= 15 is 0 Å². The molecule has 0 bridgehead atoms. The first-order valence-corrected chi connectivity index (χ1v) is 6.84. The second kappa shape index (κ2) is 5.39. The van der Waals surface area contributed by atoms with Crippen LogP contribution in [0.1, 0.15) is 54.4 Å². The van der Waals surface area contributed by atoms with Crippen LogP contribution in [0.2, 0.25) is 0 Å². The van der Waals surface area contributed by atoms with Crippen molar-refractivity contribution >= 4 is 0 Å². The van der Waals surface area contributed by atoms with Gasteiger partial charge >= 0.3 is 0 Å². The van der Waals surface area contributed by atoms with Gasteiger partial charge in [-0.3, -0.25) is 0 Å². The summed E-state index contributed by atoms with van der Waals surface area (Å²) in [5, 5.41) is 9.82. The summed E-state index contributed by atoms with van der Waals surface area (Å²) in [5.41, 5.74) is 2.93. The summed E-state index contributed by atoms with van der Waals surface area (Å²) < 4.78 is 0. The molecule has 1 heteroatoms. The molecule has 0 amide bonds. The molecule has 0 aromatic rings. The highest BCUT2D eigenvalue weighted by atomic mass is 16.3. The Morgan fingerprint density at radius 1 is 1.59 bits per heavy atom. The second-order valence-corrected chi connectivity index (χ2v) is 6.14. The lowest BCUT2D eigenvalue weighted by atomic mass is 9.71. The van der Waals surface area contributed by atoms with Crippen LogP contribution in [0.5, 0.6) is 0 Å². The van der Waals surface area contributed by atoms with Gasteiger partial charge in [-0.2, -0.15) is 0 Å². The fourth-order valence-corrected chi connectivity index (χ4v) is 2.99. The van der Waals surface area contributed by atoms with Crippen LogP contribution in [-0.4, -0.2) is 11.2 Å². The fourth-order valence-electron chi connectivity index (χ4n) is 2.99. The fraction of sp³-hybridized carbons (Fsp3) is 0.750. The molecule has 0 radical (unpaired) electrons. The summed E-state index contributed by atoms with van der Waals surface area (Å²) in [6.07, 6.45) is 6.36. The van der Waals surface area contributed by atoms with Crippen LogP contribution in [0.25, 0.3) is 0 Å². The van der Waals surface area contributed by atoms with Crippen LogP contribution < -0.4 is 0 Å². The van der Waals surface area contributed by atoms with Gasteiger partial charge in [-0.05, 0) is 49.5 Å². The Hall–Kier alpha value is -0.560. The van der Waals surface area contributed by atoms with E-state index in [4.69, 9.17) is 0 Å². The Bertz CT molecular complexity index is 322. The van der Waals surface area contributed by atoms with Crippen molar-refractivity contribution in [2.24, 2.45) is 17.3 Å². The lowest BCUT2D eigenvalue weighted by Gasteiger charge is -2.33. The average Bonchev–Trinajstić information content (AvgIpc) is 2.52. The predicted octanol–water partition coefficient (Wildman–Crippen LogP) is 4.33. The molecule has 98 valence electrons. The van der Waals surface area contributed by atoms with Gasteiger partial charge < -0.3 is 5.11 Å². The van der Waals surface area contributed by atoms with Crippen molar-refractivity contribution in [2.75, 3.05) is 0 Å². The molecule has 0 spiro atoms. The van der Waals surface area contributed by atoms with Crippen LogP contribution >= 0.6 is 0 Å². The molecule has 1 rings (SSSR count). The van der Waals surface area contributed by atoms with E-state index in [1.54, 1.807) is 0 Å². The van der Waals surface area contributed by atoms with Crippen molar-refractivity contribution in [3.63, 3.8) is 0 Å². The van der Waals surface area contributed by atoms with E-state index < -0.39 is 0 Å². The number of aliphatic hydroxyl groups is 1. The van der Waals surface area contributed by atoms with Gasteiger partial charge in [0.25, 0.3) is 0 Å². The maximum absolute atomic E-state index is 9.82. The maximum atomic E-state index is 9.82. The van der Waals surface area contributed by atoms with Gasteiger partial charge in [0.2, 0.25) is 0 Å². The van der Waals surface area contributed by atoms with Gasteiger partial charge in [-0.25, -0.2) is 0 Å². The van der Waals surface area contributed by atoms with E-state index in [-0.39, 0.29) is 6.10 Å². The zero-order valence-electron chi connectivity index (χ0n) is 12.2. The summed E-state index contributed by atoms with van der Waals surface area (Å²) in [7, 11) is 0. The largest absolute Gasteiger partial charge is 0.389 e. The lowest BCUT2D eigenvalue weighted by Crippen LogP contribution is -2.26. The minimum atomic E-state index is -0.268. The molecule has 1 N–H and O–H groups in total. The SMILES string of the molecule is CCC(O)/C(C)=C/C(C)C1CC=C(C)C1(C)C. The molecule has 0 saturated heterocycles. The van der Waals surface area contributed by atoms with Crippen molar-refractivity contribution in [3.05, 3.63) is 23.3 Å². The quantitative estimate of drug-likeness (QED) is 0.720. The molecule has 0 saturated carbocycles. The molecule has 0 aromatic carbocycles. The number of hydrogen-bond acceptors (Lipinski definition) is 1. The van der Waals surface area contributed by atoms with E-state index in [1.807, 2.05) is 13.8 Å². The Balaban J connectivity index is 2.76. The zero-order chi connectivity index (χ0) is 13.2. The van der Waals surface area contributed by atoms with Gasteiger partial charge in [-0.15, -0.1) is 0 Å². The first-order valence-electron chi connectivity index (χ1n) is 6.84. The molecule has 17 heavy (non-hydrogen) atoms. The van der Waals surface area contributed by atoms with Gasteiger partial charge in [0.1, 0.15) is 0 Å². The summed E-state index contributed by atoms with van der Waals surface area (Å²) in [5.74, 6) is 1.20. The standard InChI is InChI=1S/C16H28O/c1-7-15(17)12(3)10-11(2)14-9-8-13(4)16(14,5)6/h8,10-11,14-15,17H,7,9H2,1-6H3/b12-10+. The number of aliphatic hydroxyl groups excluding tert-OH is 1. The first-order chi connectivity index (χ1) is 7.80. The maximum Gasteiger partial charge on any atom is 0.0744 e. The van der Waals surface area contributed by atoms with Gasteiger partial charge in [0.15, 0.2) is 0 Å². The van der Waals surface area contributed by atoms with E-state index in [2.05, 4.69) is 39.8 Å². The Morgan fingerprint density at radius 3 is 2.59 bits per heavy atom.